The maximum atomic E-state index is 4.93. The van der Waals surface area contributed by atoms with Gasteiger partial charge >= 0.3 is 0 Å². The first-order valence-electron chi connectivity index (χ1n) is 4.19. The third-order valence-electron chi connectivity index (χ3n) is 1.73. The van der Waals surface area contributed by atoms with Crippen LogP contribution in [-0.2, 0) is 4.74 Å². The molecule has 0 aliphatic carbocycles. The van der Waals surface area contributed by atoms with Crippen molar-refractivity contribution >= 4 is 5.84 Å². The molecule has 3 heteroatoms. The molecule has 64 valence electrons. The summed E-state index contributed by atoms with van der Waals surface area (Å²) in [7, 11) is 1.73. The van der Waals surface area contributed by atoms with Gasteiger partial charge in [-0.05, 0) is 12.8 Å². The molecule has 0 aromatic carbocycles. The third kappa shape index (κ3) is 3.37. The van der Waals surface area contributed by atoms with E-state index in [4.69, 9.17) is 4.74 Å². The Morgan fingerprint density at radius 2 is 2.55 bits per heavy atom. The van der Waals surface area contributed by atoms with Crippen LogP contribution in [0, 0.1) is 0 Å². The van der Waals surface area contributed by atoms with Crippen LogP contribution in [0.3, 0.4) is 0 Å². The van der Waals surface area contributed by atoms with Gasteiger partial charge in [0, 0.05) is 33.2 Å². The first-order chi connectivity index (χ1) is 5.43. The molecule has 0 atom stereocenters. The SMILES string of the molecule is COCCCNC1=NCCC1. The Morgan fingerprint density at radius 1 is 1.64 bits per heavy atom. The number of amidine groups is 1. The average molecular weight is 156 g/mol. The van der Waals surface area contributed by atoms with Crippen LogP contribution in [-0.4, -0.2) is 32.6 Å². The van der Waals surface area contributed by atoms with Gasteiger partial charge in [-0.2, -0.15) is 0 Å². The molecule has 0 aromatic rings. The fourth-order valence-electron chi connectivity index (χ4n) is 1.13. The maximum absolute atomic E-state index is 4.93. The Bertz CT molecular complexity index is 134. The van der Waals surface area contributed by atoms with Gasteiger partial charge < -0.3 is 10.1 Å². The highest BCUT2D eigenvalue weighted by atomic mass is 16.5. The lowest BCUT2D eigenvalue weighted by molar-refractivity contribution is 0.195. The quantitative estimate of drug-likeness (QED) is 0.611. The molecule has 0 spiro atoms. The van der Waals surface area contributed by atoms with Crippen LogP contribution in [0.1, 0.15) is 19.3 Å². The molecule has 11 heavy (non-hydrogen) atoms. The van der Waals surface area contributed by atoms with E-state index in [9.17, 15) is 0 Å². The number of ether oxygens (including phenoxy) is 1. The van der Waals surface area contributed by atoms with Crippen molar-refractivity contribution in [3.8, 4) is 0 Å². The molecule has 0 saturated heterocycles. The molecule has 0 aromatic heterocycles. The Morgan fingerprint density at radius 3 is 3.18 bits per heavy atom. The second kappa shape index (κ2) is 5.13. The first-order valence-corrected chi connectivity index (χ1v) is 4.19. The number of hydrogen-bond acceptors (Lipinski definition) is 3. The summed E-state index contributed by atoms with van der Waals surface area (Å²) in [6.07, 6.45) is 3.41. The number of nitrogens with one attached hydrogen (secondary N) is 1. The van der Waals surface area contributed by atoms with Gasteiger partial charge in [0.05, 0.1) is 5.84 Å². The molecule has 0 amide bonds. The van der Waals surface area contributed by atoms with Gasteiger partial charge in [0.25, 0.3) is 0 Å². The predicted octanol–water partition coefficient (Wildman–Crippen LogP) is 0.805. The predicted molar refractivity (Wildman–Crippen MR) is 46.0 cm³/mol. The number of nitrogens with zero attached hydrogens (tertiary/aromatic N) is 1. The molecule has 0 unspecified atom stereocenters. The molecular weight excluding hydrogens is 140 g/mol. The summed E-state index contributed by atoms with van der Waals surface area (Å²) in [5, 5.41) is 3.29. The molecule has 0 bridgehead atoms. The van der Waals surface area contributed by atoms with Crippen LogP contribution >= 0.6 is 0 Å². The Hall–Kier alpha value is -0.570. The highest BCUT2D eigenvalue weighted by Gasteiger charge is 2.03. The standard InChI is InChI=1S/C8H16N2O/c1-11-7-3-6-10-8-4-2-5-9-8/h2-7H2,1H3,(H,9,10). The third-order valence-corrected chi connectivity index (χ3v) is 1.73. The van der Waals surface area contributed by atoms with Crippen LogP contribution in [0.2, 0.25) is 0 Å². The van der Waals surface area contributed by atoms with E-state index in [-0.39, 0.29) is 0 Å². The lowest BCUT2D eigenvalue weighted by Crippen LogP contribution is -2.23. The van der Waals surface area contributed by atoms with E-state index in [1.807, 2.05) is 0 Å². The van der Waals surface area contributed by atoms with Crippen molar-refractivity contribution < 1.29 is 4.74 Å². The molecule has 0 fully saturated rings. The summed E-state index contributed by atoms with van der Waals surface area (Å²) in [5.74, 6) is 1.18. The molecule has 3 nitrogen and oxygen atoms in total. The zero-order valence-corrected chi connectivity index (χ0v) is 7.10. The molecule has 1 aliphatic rings. The minimum atomic E-state index is 0.834. The van der Waals surface area contributed by atoms with Gasteiger partial charge in [-0.25, -0.2) is 0 Å². The minimum absolute atomic E-state index is 0.834. The summed E-state index contributed by atoms with van der Waals surface area (Å²) in [5.41, 5.74) is 0. The largest absolute Gasteiger partial charge is 0.385 e. The zero-order chi connectivity index (χ0) is 7.94. The van der Waals surface area contributed by atoms with Crippen LogP contribution < -0.4 is 5.32 Å². The molecule has 0 radical (unpaired) electrons. The number of hydrogen-bond donors (Lipinski definition) is 1. The molecule has 1 rings (SSSR count). The van der Waals surface area contributed by atoms with Gasteiger partial charge in [0.2, 0.25) is 0 Å². The number of rotatable bonds is 4. The molecular formula is C8H16N2O. The molecule has 0 saturated carbocycles. The smallest absolute Gasteiger partial charge is 0.0963 e. The highest BCUT2D eigenvalue weighted by Crippen LogP contribution is 2.00. The lowest BCUT2D eigenvalue weighted by atomic mass is 10.3. The first kappa shape index (κ1) is 8.53. The van der Waals surface area contributed by atoms with Crippen molar-refractivity contribution in [2.75, 3.05) is 26.8 Å². The van der Waals surface area contributed by atoms with Crippen molar-refractivity contribution in [1.29, 1.82) is 0 Å². The zero-order valence-electron chi connectivity index (χ0n) is 7.10. The van der Waals surface area contributed by atoms with E-state index < -0.39 is 0 Å². The van der Waals surface area contributed by atoms with E-state index in [0.717, 1.165) is 32.5 Å². The van der Waals surface area contributed by atoms with Gasteiger partial charge in [0.15, 0.2) is 0 Å². The van der Waals surface area contributed by atoms with Crippen LogP contribution in [0.4, 0.5) is 0 Å². The van der Waals surface area contributed by atoms with Gasteiger partial charge in [-0.1, -0.05) is 0 Å². The average Bonchev–Trinajstić information content (AvgIpc) is 2.50. The summed E-state index contributed by atoms with van der Waals surface area (Å²) >= 11 is 0. The number of aliphatic imine (C=N–C) groups is 1. The fraction of sp³-hybridized carbons (Fsp3) is 0.875. The highest BCUT2D eigenvalue weighted by molar-refractivity contribution is 5.83. The summed E-state index contributed by atoms with van der Waals surface area (Å²) in [6.45, 7) is 2.83. The summed E-state index contributed by atoms with van der Waals surface area (Å²) in [6, 6.07) is 0. The molecule has 1 aliphatic heterocycles. The lowest BCUT2D eigenvalue weighted by Gasteiger charge is -2.03. The minimum Gasteiger partial charge on any atom is -0.385 e. The van der Waals surface area contributed by atoms with Crippen molar-refractivity contribution in [3.05, 3.63) is 0 Å². The van der Waals surface area contributed by atoms with E-state index in [0.29, 0.717) is 0 Å². The van der Waals surface area contributed by atoms with Crippen LogP contribution in [0.5, 0.6) is 0 Å². The van der Waals surface area contributed by atoms with Crippen molar-refractivity contribution in [3.63, 3.8) is 0 Å². The molecule has 1 N–H and O–H groups in total. The van der Waals surface area contributed by atoms with E-state index >= 15 is 0 Å². The maximum Gasteiger partial charge on any atom is 0.0963 e. The van der Waals surface area contributed by atoms with E-state index in [2.05, 4.69) is 10.3 Å². The molecule has 1 heterocycles. The van der Waals surface area contributed by atoms with Crippen LogP contribution in [0.15, 0.2) is 4.99 Å². The monoisotopic (exact) mass is 156 g/mol. The van der Waals surface area contributed by atoms with E-state index in [1.54, 1.807) is 7.11 Å². The second-order valence-electron chi connectivity index (χ2n) is 2.71. The Labute approximate surface area is 67.8 Å². The Kier molecular flexibility index (Phi) is 3.98. The van der Waals surface area contributed by atoms with Gasteiger partial charge in [0.1, 0.15) is 0 Å². The summed E-state index contributed by atoms with van der Waals surface area (Å²) < 4.78 is 4.93. The van der Waals surface area contributed by atoms with Gasteiger partial charge in [-0.3, -0.25) is 4.99 Å². The van der Waals surface area contributed by atoms with Gasteiger partial charge in [-0.15, -0.1) is 0 Å². The Balaban J connectivity index is 1.94. The topological polar surface area (TPSA) is 33.6 Å². The van der Waals surface area contributed by atoms with Crippen molar-refractivity contribution in [2.24, 2.45) is 4.99 Å². The number of methoxy groups -OCH3 is 1. The second-order valence-corrected chi connectivity index (χ2v) is 2.71. The fourth-order valence-corrected chi connectivity index (χ4v) is 1.13. The van der Waals surface area contributed by atoms with Crippen LogP contribution in [0.25, 0.3) is 0 Å². The summed E-state index contributed by atoms with van der Waals surface area (Å²) in [4.78, 5) is 4.30. The van der Waals surface area contributed by atoms with E-state index in [1.165, 1.54) is 12.3 Å². The van der Waals surface area contributed by atoms with Crippen molar-refractivity contribution in [2.45, 2.75) is 19.3 Å². The van der Waals surface area contributed by atoms with Crippen molar-refractivity contribution in [1.82, 2.24) is 5.32 Å². The normalized spacial score (nSPS) is 16.6.